The summed E-state index contributed by atoms with van der Waals surface area (Å²) in [5.41, 5.74) is 2.37. The molecule has 1 N–H and O–H groups in total. The van der Waals surface area contributed by atoms with E-state index >= 15 is 0 Å². The van der Waals surface area contributed by atoms with Gasteiger partial charge < -0.3 is 5.32 Å². The van der Waals surface area contributed by atoms with Gasteiger partial charge in [-0.2, -0.15) is 0 Å². The van der Waals surface area contributed by atoms with Crippen LogP contribution >= 0.6 is 0 Å². The summed E-state index contributed by atoms with van der Waals surface area (Å²) < 4.78 is 0. The number of hydrogen-bond acceptors (Lipinski definition) is 4. The van der Waals surface area contributed by atoms with E-state index in [1.807, 2.05) is 66.7 Å². The number of anilines is 2. The van der Waals surface area contributed by atoms with Crippen LogP contribution in [0.4, 0.5) is 17.1 Å². The van der Waals surface area contributed by atoms with Gasteiger partial charge in [0.15, 0.2) is 0 Å². The second kappa shape index (κ2) is 10.9. The number of nitro benzene ring substituents is 1. The van der Waals surface area contributed by atoms with Gasteiger partial charge >= 0.3 is 0 Å². The zero-order valence-corrected chi connectivity index (χ0v) is 18.8. The molecule has 4 rings (SSSR count). The van der Waals surface area contributed by atoms with Crippen molar-refractivity contribution < 1.29 is 14.5 Å². The Morgan fingerprint density at radius 2 is 1.31 bits per heavy atom. The van der Waals surface area contributed by atoms with Crippen LogP contribution in [0, 0.1) is 10.1 Å². The van der Waals surface area contributed by atoms with Crippen LogP contribution in [0.1, 0.15) is 17.2 Å². The number of nitro groups is 1. The zero-order valence-electron chi connectivity index (χ0n) is 18.8. The Kier molecular flexibility index (Phi) is 7.28. The van der Waals surface area contributed by atoms with Crippen molar-refractivity contribution in [3.05, 3.63) is 137 Å². The molecule has 4 aromatic rings. The molecule has 1 unspecified atom stereocenters. The number of rotatable bonds is 8. The maximum absolute atomic E-state index is 13.7. The molecule has 0 aliphatic heterocycles. The van der Waals surface area contributed by atoms with E-state index in [1.165, 1.54) is 29.2 Å². The Morgan fingerprint density at radius 3 is 1.89 bits per heavy atom. The molecule has 1 atom stereocenters. The van der Waals surface area contributed by atoms with Crippen LogP contribution in [0.3, 0.4) is 0 Å². The van der Waals surface area contributed by atoms with Crippen LogP contribution in [0.25, 0.3) is 0 Å². The molecular formula is C28H23N3O4. The van der Waals surface area contributed by atoms with Gasteiger partial charge in [-0.05, 0) is 35.4 Å². The molecule has 7 nitrogen and oxygen atoms in total. The van der Waals surface area contributed by atoms with Crippen molar-refractivity contribution in [1.82, 2.24) is 0 Å². The summed E-state index contributed by atoms with van der Waals surface area (Å²) in [4.78, 5) is 39.3. The molecule has 2 amide bonds. The first-order valence-electron chi connectivity index (χ1n) is 11.0. The molecule has 0 saturated carbocycles. The lowest BCUT2D eigenvalue weighted by Gasteiger charge is -2.31. The van der Waals surface area contributed by atoms with E-state index in [4.69, 9.17) is 0 Å². The summed E-state index contributed by atoms with van der Waals surface area (Å²) in [5, 5.41) is 13.8. The lowest BCUT2D eigenvalue weighted by molar-refractivity contribution is -0.384. The number of nitrogens with zero attached hydrogens (tertiary/aromatic N) is 2. The van der Waals surface area contributed by atoms with E-state index in [1.54, 1.807) is 24.3 Å². The van der Waals surface area contributed by atoms with Crippen LogP contribution < -0.4 is 10.2 Å². The Labute approximate surface area is 202 Å². The molecule has 0 aliphatic carbocycles. The first kappa shape index (κ1) is 23.4. The number of para-hydroxylation sites is 1. The van der Waals surface area contributed by atoms with Gasteiger partial charge in [0.05, 0.1) is 11.3 Å². The SMILES string of the molecule is O=C(Nc1ccc([N+](=O)[O-])cc1)C(c1ccccc1)N(C(=O)Cc1ccccc1)c1ccccc1. The minimum Gasteiger partial charge on any atom is -0.324 e. The minimum absolute atomic E-state index is 0.0773. The maximum atomic E-state index is 13.7. The van der Waals surface area contributed by atoms with Gasteiger partial charge in [0, 0.05) is 23.5 Å². The first-order chi connectivity index (χ1) is 17.0. The van der Waals surface area contributed by atoms with Crippen LogP contribution in [0.2, 0.25) is 0 Å². The standard InChI is InChI=1S/C28H23N3O4/c32-26(20-21-10-4-1-5-11-21)30(24-14-8-3-9-15-24)27(22-12-6-2-7-13-22)28(33)29-23-16-18-25(19-17-23)31(34)35/h1-19,27H,20H2,(H,29,33). The molecule has 0 heterocycles. The van der Waals surface area contributed by atoms with E-state index < -0.39 is 16.9 Å². The van der Waals surface area contributed by atoms with Crippen molar-refractivity contribution in [2.75, 3.05) is 10.2 Å². The number of carbonyl (C=O) groups is 2. The fourth-order valence-electron chi connectivity index (χ4n) is 3.81. The van der Waals surface area contributed by atoms with Crippen molar-refractivity contribution in [2.24, 2.45) is 0 Å². The predicted octanol–water partition coefficient (Wildman–Crippen LogP) is 5.55. The summed E-state index contributed by atoms with van der Waals surface area (Å²) >= 11 is 0. The van der Waals surface area contributed by atoms with Gasteiger partial charge in [0.25, 0.3) is 11.6 Å². The van der Waals surface area contributed by atoms with Crippen LogP contribution in [0.5, 0.6) is 0 Å². The smallest absolute Gasteiger partial charge is 0.269 e. The maximum Gasteiger partial charge on any atom is 0.269 e. The number of non-ortho nitro benzene ring substituents is 1. The summed E-state index contributed by atoms with van der Waals surface area (Å²) in [6.45, 7) is 0. The van der Waals surface area contributed by atoms with E-state index in [2.05, 4.69) is 5.32 Å². The molecule has 4 aromatic carbocycles. The van der Waals surface area contributed by atoms with Crippen molar-refractivity contribution >= 4 is 28.9 Å². The zero-order chi connectivity index (χ0) is 24.6. The average molecular weight is 466 g/mol. The monoisotopic (exact) mass is 465 g/mol. The van der Waals surface area contributed by atoms with Gasteiger partial charge in [-0.3, -0.25) is 24.6 Å². The van der Waals surface area contributed by atoms with Crippen LogP contribution in [-0.4, -0.2) is 16.7 Å². The van der Waals surface area contributed by atoms with Crippen LogP contribution in [-0.2, 0) is 16.0 Å². The van der Waals surface area contributed by atoms with Gasteiger partial charge in [-0.1, -0.05) is 78.9 Å². The molecule has 35 heavy (non-hydrogen) atoms. The Morgan fingerprint density at radius 1 is 0.771 bits per heavy atom. The third-order valence-corrected chi connectivity index (χ3v) is 5.47. The van der Waals surface area contributed by atoms with E-state index in [0.717, 1.165) is 5.56 Å². The molecule has 0 spiro atoms. The number of hydrogen-bond donors (Lipinski definition) is 1. The third kappa shape index (κ3) is 5.78. The van der Waals surface area contributed by atoms with Crippen molar-refractivity contribution in [2.45, 2.75) is 12.5 Å². The Bertz CT molecular complexity index is 1290. The van der Waals surface area contributed by atoms with E-state index in [9.17, 15) is 19.7 Å². The molecule has 0 fully saturated rings. The summed E-state index contributed by atoms with van der Waals surface area (Å²) in [6.07, 6.45) is 0.115. The molecule has 7 heteroatoms. The predicted molar refractivity (Wildman–Crippen MR) is 135 cm³/mol. The molecule has 0 aromatic heterocycles. The highest BCUT2D eigenvalue weighted by atomic mass is 16.6. The Balaban J connectivity index is 1.73. The third-order valence-electron chi connectivity index (χ3n) is 5.47. The minimum atomic E-state index is -0.968. The molecule has 0 radical (unpaired) electrons. The van der Waals surface area contributed by atoms with E-state index in [-0.39, 0.29) is 18.0 Å². The first-order valence-corrected chi connectivity index (χ1v) is 11.0. The Hall–Kier alpha value is -4.78. The molecular weight excluding hydrogens is 442 g/mol. The molecule has 174 valence electrons. The van der Waals surface area contributed by atoms with Crippen LogP contribution in [0.15, 0.2) is 115 Å². The highest BCUT2D eigenvalue weighted by molar-refractivity contribution is 6.06. The topological polar surface area (TPSA) is 92.5 Å². The highest BCUT2D eigenvalue weighted by Crippen LogP contribution is 2.30. The quantitative estimate of drug-likeness (QED) is 0.273. The summed E-state index contributed by atoms with van der Waals surface area (Å²) in [5.74, 6) is -0.676. The molecule has 0 saturated heterocycles. The second-order valence-electron chi connectivity index (χ2n) is 7.87. The largest absolute Gasteiger partial charge is 0.324 e. The lowest BCUT2D eigenvalue weighted by atomic mass is 10.0. The van der Waals surface area contributed by atoms with Crippen molar-refractivity contribution in [1.29, 1.82) is 0 Å². The van der Waals surface area contributed by atoms with Gasteiger partial charge in [0.1, 0.15) is 6.04 Å². The van der Waals surface area contributed by atoms with Gasteiger partial charge in [0.2, 0.25) is 5.91 Å². The van der Waals surface area contributed by atoms with Crippen molar-refractivity contribution in [3.63, 3.8) is 0 Å². The highest BCUT2D eigenvalue weighted by Gasteiger charge is 2.32. The second-order valence-corrected chi connectivity index (χ2v) is 7.87. The number of benzene rings is 4. The summed E-state index contributed by atoms with van der Waals surface area (Å²) in [7, 11) is 0. The summed E-state index contributed by atoms with van der Waals surface area (Å²) in [6, 6.07) is 32.1. The fourth-order valence-corrected chi connectivity index (χ4v) is 3.81. The van der Waals surface area contributed by atoms with E-state index in [0.29, 0.717) is 16.9 Å². The molecule has 0 bridgehead atoms. The van der Waals surface area contributed by atoms with Gasteiger partial charge in [-0.15, -0.1) is 0 Å². The molecule has 0 aliphatic rings. The van der Waals surface area contributed by atoms with Gasteiger partial charge in [-0.25, -0.2) is 0 Å². The number of carbonyl (C=O) groups excluding carboxylic acids is 2. The lowest BCUT2D eigenvalue weighted by Crippen LogP contribution is -2.42. The average Bonchev–Trinajstić information content (AvgIpc) is 2.89. The number of nitrogens with one attached hydrogen (secondary N) is 1. The fraction of sp³-hybridized carbons (Fsp3) is 0.0714. The normalized spacial score (nSPS) is 11.3. The van der Waals surface area contributed by atoms with Crippen molar-refractivity contribution in [3.8, 4) is 0 Å². The number of amides is 2.